The van der Waals surface area contributed by atoms with Gasteiger partial charge in [-0.15, -0.1) is 0 Å². The summed E-state index contributed by atoms with van der Waals surface area (Å²) in [6.45, 7) is 0. The number of halogens is 2. The maximum Gasteiger partial charge on any atom is 0.106 e. The predicted octanol–water partition coefficient (Wildman–Crippen LogP) is 3.27. The van der Waals surface area contributed by atoms with E-state index >= 15 is 0 Å². The van der Waals surface area contributed by atoms with Crippen molar-refractivity contribution in [2.75, 3.05) is 0 Å². The highest BCUT2D eigenvalue weighted by molar-refractivity contribution is 14.1. The fourth-order valence-corrected chi connectivity index (χ4v) is 1.44. The number of pyridine rings is 2. The second kappa shape index (κ2) is 7.75. The number of nitrogens with zero attached hydrogens (tertiary/aromatic N) is 4. The first-order valence-electron chi connectivity index (χ1n) is 4.69. The molecule has 0 amide bonds. The molecule has 2 rings (SSSR count). The number of hydrogen-bond donors (Lipinski definition) is 0. The number of rotatable bonds is 0. The van der Waals surface area contributed by atoms with Crippen molar-refractivity contribution in [1.29, 1.82) is 10.5 Å². The van der Waals surface area contributed by atoms with E-state index in [1.165, 1.54) is 6.20 Å². The van der Waals surface area contributed by atoms with Gasteiger partial charge in [0, 0.05) is 12.4 Å². The minimum absolute atomic E-state index is 0.582. The molecular formula is C12H6BrIN4. The third-order valence-corrected chi connectivity index (χ3v) is 2.82. The lowest BCUT2D eigenvalue weighted by molar-refractivity contribution is 1.25. The van der Waals surface area contributed by atoms with Crippen LogP contribution in [0.25, 0.3) is 0 Å². The fourth-order valence-electron chi connectivity index (χ4n) is 0.884. The van der Waals surface area contributed by atoms with Gasteiger partial charge in [0.25, 0.3) is 0 Å². The van der Waals surface area contributed by atoms with Crippen molar-refractivity contribution in [2.24, 2.45) is 0 Å². The molecule has 0 fully saturated rings. The summed E-state index contributed by atoms with van der Waals surface area (Å²) in [5.74, 6) is 0. The second-order valence-corrected chi connectivity index (χ2v) is 4.88. The molecule has 0 saturated heterocycles. The van der Waals surface area contributed by atoms with Crippen molar-refractivity contribution in [1.82, 2.24) is 9.97 Å². The molecule has 0 aliphatic heterocycles. The maximum atomic E-state index is 8.34. The molecule has 4 nitrogen and oxygen atoms in total. The Kier molecular flexibility index (Phi) is 6.26. The van der Waals surface area contributed by atoms with E-state index < -0.39 is 0 Å². The van der Waals surface area contributed by atoms with Gasteiger partial charge in [0.2, 0.25) is 0 Å². The summed E-state index contributed by atoms with van der Waals surface area (Å²) < 4.78 is 1.66. The Bertz CT molecular complexity index is 526. The Balaban J connectivity index is 0.000000180. The molecule has 0 radical (unpaired) electrons. The van der Waals surface area contributed by atoms with Gasteiger partial charge in [-0.3, -0.25) is 0 Å². The summed E-state index contributed by atoms with van der Waals surface area (Å²) in [5.41, 5.74) is 1.19. The van der Waals surface area contributed by atoms with Crippen LogP contribution in [0.1, 0.15) is 11.1 Å². The SMILES string of the molecule is N#Cc1ccc(Br)nc1.N#Cc1ccc(I)nc1. The number of aromatic nitrogens is 2. The largest absolute Gasteiger partial charge is 0.249 e. The van der Waals surface area contributed by atoms with Gasteiger partial charge in [0.1, 0.15) is 20.4 Å². The molecule has 0 bridgehead atoms. The first kappa shape index (κ1) is 14.6. The summed E-state index contributed by atoms with van der Waals surface area (Å²) in [6.07, 6.45) is 3.08. The zero-order chi connectivity index (χ0) is 13.4. The molecule has 0 unspecified atom stereocenters. The van der Waals surface area contributed by atoms with Crippen molar-refractivity contribution in [2.45, 2.75) is 0 Å². The van der Waals surface area contributed by atoms with Crippen LogP contribution in [0.15, 0.2) is 41.3 Å². The van der Waals surface area contributed by atoms with E-state index in [0.717, 1.165) is 8.30 Å². The molecule has 18 heavy (non-hydrogen) atoms. The first-order chi connectivity index (χ1) is 8.65. The Morgan fingerprint density at radius 2 is 1.50 bits per heavy atom. The van der Waals surface area contributed by atoms with Crippen LogP contribution < -0.4 is 0 Å². The van der Waals surface area contributed by atoms with Gasteiger partial charge in [0.05, 0.1) is 11.1 Å². The lowest BCUT2D eigenvalue weighted by atomic mass is 10.3. The van der Waals surface area contributed by atoms with E-state index in [4.69, 9.17) is 10.5 Å². The summed E-state index contributed by atoms with van der Waals surface area (Å²) in [5, 5.41) is 16.7. The van der Waals surface area contributed by atoms with Crippen LogP contribution in [0.3, 0.4) is 0 Å². The van der Waals surface area contributed by atoms with Crippen LogP contribution in [0.2, 0.25) is 0 Å². The van der Waals surface area contributed by atoms with Crippen molar-refractivity contribution in [3.05, 3.63) is 56.1 Å². The van der Waals surface area contributed by atoms with E-state index in [0.29, 0.717) is 11.1 Å². The maximum absolute atomic E-state index is 8.34. The van der Waals surface area contributed by atoms with Gasteiger partial charge in [0.15, 0.2) is 0 Å². The Labute approximate surface area is 127 Å². The quantitative estimate of drug-likeness (QED) is 0.491. The molecule has 88 valence electrons. The zero-order valence-electron chi connectivity index (χ0n) is 9.01. The number of nitriles is 2. The summed E-state index contributed by atoms with van der Waals surface area (Å²) in [4.78, 5) is 7.76. The summed E-state index contributed by atoms with van der Waals surface area (Å²) in [7, 11) is 0. The monoisotopic (exact) mass is 412 g/mol. The van der Waals surface area contributed by atoms with Crippen LogP contribution in [0.4, 0.5) is 0 Å². The van der Waals surface area contributed by atoms with Crippen LogP contribution in [0, 0.1) is 26.4 Å². The molecule has 0 atom stereocenters. The molecule has 0 N–H and O–H groups in total. The highest BCUT2D eigenvalue weighted by atomic mass is 127. The van der Waals surface area contributed by atoms with E-state index in [-0.39, 0.29) is 0 Å². The standard InChI is InChI=1S/C6H3BrN2.C6H3IN2/c2*7-6-2-1-5(3-8)4-9-6/h2*1-2,4H. The lowest BCUT2D eigenvalue weighted by Crippen LogP contribution is -1.79. The minimum Gasteiger partial charge on any atom is -0.249 e. The normalized spacial score (nSPS) is 8.44. The molecule has 0 aliphatic rings. The molecule has 0 aliphatic carbocycles. The van der Waals surface area contributed by atoms with E-state index in [1.807, 2.05) is 12.1 Å². The van der Waals surface area contributed by atoms with Gasteiger partial charge in [-0.1, -0.05) is 0 Å². The van der Waals surface area contributed by atoms with Crippen molar-refractivity contribution in [3.63, 3.8) is 0 Å². The van der Waals surface area contributed by atoms with Crippen molar-refractivity contribution < 1.29 is 0 Å². The smallest absolute Gasteiger partial charge is 0.106 e. The number of hydrogen-bond acceptors (Lipinski definition) is 4. The Morgan fingerprint density at radius 3 is 1.89 bits per heavy atom. The lowest BCUT2D eigenvalue weighted by Gasteiger charge is -1.85. The first-order valence-corrected chi connectivity index (χ1v) is 6.56. The van der Waals surface area contributed by atoms with Crippen LogP contribution >= 0.6 is 38.5 Å². The topological polar surface area (TPSA) is 73.4 Å². The molecule has 0 spiro atoms. The van der Waals surface area contributed by atoms with Crippen molar-refractivity contribution >= 4 is 38.5 Å². The predicted molar refractivity (Wildman–Crippen MR) is 78.3 cm³/mol. The second-order valence-electron chi connectivity index (χ2n) is 2.96. The average molecular weight is 413 g/mol. The minimum atomic E-state index is 0.582. The third-order valence-electron chi connectivity index (χ3n) is 1.71. The molecule has 0 saturated carbocycles. The van der Waals surface area contributed by atoms with Crippen LogP contribution in [-0.4, -0.2) is 9.97 Å². The van der Waals surface area contributed by atoms with Gasteiger partial charge in [-0.25, -0.2) is 9.97 Å². The zero-order valence-corrected chi connectivity index (χ0v) is 12.8. The van der Waals surface area contributed by atoms with Gasteiger partial charge in [-0.2, -0.15) is 10.5 Å². The van der Waals surface area contributed by atoms with Gasteiger partial charge in [-0.05, 0) is 62.8 Å². The highest BCUT2D eigenvalue weighted by Crippen LogP contribution is 2.04. The van der Waals surface area contributed by atoms with E-state index in [9.17, 15) is 0 Å². The molecule has 0 aromatic carbocycles. The molecule has 2 aromatic rings. The van der Waals surface area contributed by atoms with Gasteiger partial charge >= 0.3 is 0 Å². The molecule has 2 heterocycles. The Hall–Kier alpha value is -1.51. The van der Waals surface area contributed by atoms with Gasteiger partial charge < -0.3 is 0 Å². The third kappa shape index (κ3) is 5.21. The van der Waals surface area contributed by atoms with Crippen LogP contribution in [-0.2, 0) is 0 Å². The summed E-state index contributed by atoms with van der Waals surface area (Å²) >= 11 is 5.25. The molecular weight excluding hydrogens is 407 g/mol. The summed E-state index contributed by atoms with van der Waals surface area (Å²) in [6, 6.07) is 10.9. The van der Waals surface area contributed by atoms with E-state index in [2.05, 4.69) is 48.5 Å². The van der Waals surface area contributed by atoms with E-state index in [1.54, 1.807) is 30.5 Å². The molecule has 6 heteroatoms. The molecule has 2 aromatic heterocycles. The highest BCUT2D eigenvalue weighted by Gasteiger charge is 1.88. The fraction of sp³-hybridized carbons (Fsp3) is 0. The van der Waals surface area contributed by atoms with Crippen molar-refractivity contribution in [3.8, 4) is 12.1 Å². The van der Waals surface area contributed by atoms with Crippen LogP contribution in [0.5, 0.6) is 0 Å². The Morgan fingerprint density at radius 1 is 0.944 bits per heavy atom. The average Bonchev–Trinajstić information content (AvgIpc) is 2.41.